The molecule has 2 heterocycles. The molecule has 1 aliphatic rings. The van der Waals surface area contributed by atoms with Gasteiger partial charge in [0.25, 0.3) is 0 Å². The number of hydrogen-bond acceptors (Lipinski definition) is 5. The third kappa shape index (κ3) is 2.38. The molecule has 112 valence electrons. The lowest BCUT2D eigenvalue weighted by Gasteiger charge is -2.45. The number of aliphatic hydroxyl groups is 1. The van der Waals surface area contributed by atoms with E-state index in [0.717, 1.165) is 16.7 Å². The smallest absolute Gasteiger partial charge is 0.147 e. The summed E-state index contributed by atoms with van der Waals surface area (Å²) < 4.78 is 0. The van der Waals surface area contributed by atoms with Gasteiger partial charge in [0.15, 0.2) is 0 Å². The summed E-state index contributed by atoms with van der Waals surface area (Å²) in [4.78, 5) is 6.26. The number of aryl methyl sites for hydroxylation is 1. The fraction of sp³-hybridized carbons (Fsp3) is 0.294. The molecule has 5 heteroatoms. The van der Waals surface area contributed by atoms with Gasteiger partial charge in [-0.05, 0) is 43.2 Å². The van der Waals surface area contributed by atoms with Gasteiger partial charge < -0.3 is 15.7 Å². The van der Waals surface area contributed by atoms with Crippen LogP contribution < -0.4 is 10.6 Å². The minimum atomic E-state index is -0.711. The van der Waals surface area contributed by atoms with Crippen molar-refractivity contribution in [2.24, 2.45) is 0 Å². The topological polar surface area (TPSA) is 86.2 Å². The van der Waals surface area contributed by atoms with Gasteiger partial charge in [-0.3, -0.25) is 0 Å². The van der Waals surface area contributed by atoms with Gasteiger partial charge in [0, 0.05) is 30.5 Å². The molecule has 0 spiro atoms. The second kappa shape index (κ2) is 5.00. The molecule has 1 aromatic carbocycles. The van der Waals surface area contributed by atoms with Crippen LogP contribution in [0.4, 0.5) is 11.5 Å². The summed E-state index contributed by atoms with van der Waals surface area (Å²) in [6.45, 7) is 4.73. The molecule has 5 nitrogen and oxygen atoms in total. The minimum Gasteiger partial charge on any atom is -0.399 e. The molecule has 3 N–H and O–H groups in total. The van der Waals surface area contributed by atoms with Gasteiger partial charge in [0.05, 0.1) is 5.60 Å². The number of nitrogens with two attached hydrogens (primary N) is 1. The number of nitrogens with zero attached hydrogens (tertiary/aromatic N) is 3. The minimum absolute atomic E-state index is 0.480. The quantitative estimate of drug-likeness (QED) is 0.828. The van der Waals surface area contributed by atoms with E-state index >= 15 is 0 Å². The van der Waals surface area contributed by atoms with Gasteiger partial charge in [0.1, 0.15) is 17.5 Å². The Balaban J connectivity index is 2.10. The Morgan fingerprint density at radius 1 is 1.32 bits per heavy atom. The fourth-order valence-corrected chi connectivity index (χ4v) is 2.88. The molecule has 1 fully saturated rings. The third-order valence-corrected chi connectivity index (χ3v) is 3.96. The molecule has 1 saturated heterocycles. The van der Waals surface area contributed by atoms with Crippen LogP contribution in [0.2, 0.25) is 0 Å². The largest absolute Gasteiger partial charge is 0.399 e. The van der Waals surface area contributed by atoms with Crippen molar-refractivity contribution < 1.29 is 5.11 Å². The zero-order chi connectivity index (χ0) is 15.9. The zero-order valence-corrected chi connectivity index (χ0v) is 12.7. The SMILES string of the molecule is Cc1ccc(N)cc1-c1ccnc(N2CC(C)(O)C2)c1C#N. The molecule has 0 amide bonds. The van der Waals surface area contributed by atoms with E-state index in [-0.39, 0.29) is 0 Å². The molecule has 1 aromatic heterocycles. The van der Waals surface area contributed by atoms with Crippen LogP contribution in [0, 0.1) is 18.3 Å². The number of aromatic nitrogens is 1. The van der Waals surface area contributed by atoms with Crippen LogP contribution in [0.25, 0.3) is 11.1 Å². The maximum atomic E-state index is 9.91. The van der Waals surface area contributed by atoms with Crippen LogP contribution in [-0.2, 0) is 0 Å². The average molecular weight is 294 g/mol. The van der Waals surface area contributed by atoms with Crippen molar-refractivity contribution in [3.05, 3.63) is 41.6 Å². The van der Waals surface area contributed by atoms with E-state index in [2.05, 4.69) is 11.1 Å². The first-order valence-corrected chi connectivity index (χ1v) is 7.14. The number of nitriles is 1. The predicted octanol–water partition coefficient (Wildman–Crippen LogP) is 2.08. The standard InChI is InChI=1S/C17H18N4O/c1-11-3-4-12(19)7-14(11)13-5-6-20-16(15(13)8-18)21-9-17(2,22)10-21/h3-7,22H,9-10,19H2,1-2H3. The van der Waals surface area contributed by atoms with Crippen molar-refractivity contribution in [2.75, 3.05) is 23.7 Å². The highest BCUT2D eigenvalue weighted by Crippen LogP contribution is 2.35. The normalized spacial score (nSPS) is 16.0. The van der Waals surface area contributed by atoms with Crippen molar-refractivity contribution in [2.45, 2.75) is 19.4 Å². The van der Waals surface area contributed by atoms with Crippen LogP contribution in [-0.4, -0.2) is 28.8 Å². The molecule has 1 aliphatic heterocycles. The van der Waals surface area contributed by atoms with E-state index < -0.39 is 5.60 Å². The molecule has 0 radical (unpaired) electrons. The van der Waals surface area contributed by atoms with Gasteiger partial charge in [0.2, 0.25) is 0 Å². The number of pyridine rings is 1. The summed E-state index contributed by atoms with van der Waals surface area (Å²) in [7, 11) is 0. The van der Waals surface area contributed by atoms with Crippen molar-refractivity contribution in [3.8, 4) is 17.2 Å². The third-order valence-electron chi connectivity index (χ3n) is 3.96. The number of hydrogen-bond donors (Lipinski definition) is 2. The van der Waals surface area contributed by atoms with Gasteiger partial charge >= 0.3 is 0 Å². The van der Waals surface area contributed by atoms with Gasteiger partial charge in [-0.2, -0.15) is 5.26 Å². The van der Waals surface area contributed by atoms with Crippen molar-refractivity contribution in [1.82, 2.24) is 4.98 Å². The van der Waals surface area contributed by atoms with Crippen molar-refractivity contribution in [1.29, 1.82) is 5.26 Å². The summed E-state index contributed by atoms with van der Waals surface area (Å²) in [6, 6.07) is 9.76. The van der Waals surface area contributed by atoms with E-state index in [1.54, 1.807) is 13.1 Å². The molecule has 0 atom stereocenters. The molecular formula is C17H18N4O. The Labute approximate surface area is 129 Å². The average Bonchev–Trinajstić information content (AvgIpc) is 2.46. The Hall–Kier alpha value is -2.58. The van der Waals surface area contributed by atoms with Gasteiger partial charge in [-0.1, -0.05) is 6.07 Å². The Kier molecular flexibility index (Phi) is 3.27. The Morgan fingerprint density at radius 2 is 2.05 bits per heavy atom. The van der Waals surface area contributed by atoms with Crippen LogP contribution >= 0.6 is 0 Å². The lowest BCUT2D eigenvalue weighted by Crippen LogP contribution is -2.60. The van der Waals surface area contributed by atoms with E-state index in [0.29, 0.717) is 30.2 Å². The monoisotopic (exact) mass is 294 g/mol. The Bertz CT molecular complexity index is 769. The van der Waals surface area contributed by atoms with Gasteiger partial charge in [-0.15, -0.1) is 0 Å². The highest BCUT2D eigenvalue weighted by atomic mass is 16.3. The van der Waals surface area contributed by atoms with E-state index in [4.69, 9.17) is 5.73 Å². The van der Waals surface area contributed by atoms with Crippen LogP contribution in [0.5, 0.6) is 0 Å². The first-order valence-electron chi connectivity index (χ1n) is 7.14. The zero-order valence-electron chi connectivity index (χ0n) is 12.7. The molecular weight excluding hydrogens is 276 g/mol. The summed E-state index contributed by atoms with van der Waals surface area (Å²) in [6.07, 6.45) is 1.70. The van der Waals surface area contributed by atoms with Crippen molar-refractivity contribution in [3.63, 3.8) is 0 Å². The molecule has 0 saturated carbocycles. The number of nitrogen functional groups attached to an aromatic ring is 1. The second-order valence-electron chi connectivity index (χ2n) is 6.10. The maximum Gasteiger partial charge on any atom is 0.147 e. The number of anilines is 2. The summed E-state index contributed by atoms with van der Waals surface area (Å²) >= 11 is 0. The highest BCUT2D eigenvalue weighted by Gasteiger charge is 2.38. The van der Waals surface area contributed by atoms with Crippen molar-refractivity contribution >= 4 is 11.5 Å². The lowest BCUT2D eigenvalue weighted by atomic mass is 9.93. The van der Waals surface area contributed by atoms with E-state index in [1.165, 1.54) is 0 Å². The number of β-amino-alcohol motifs (C(OH)–C–C–N with tert-alkyl or cyclic N) is 1. The van der Waals surface area contributed by atoms with E-state index in [1.807, 2.05) is 36.1 Å². The van der Waals surface area contributed by atoms with Crippen LogP contribution in [0.1, 0.15) is 18.1 Å². The molecule has 3 rings (SSSR count). The summed E-state index contributed by atoms with van der Waals surface area (Å²) in [5.41, 5.74) is 9.17. The van der Waals surface area contributed by atoms with Crippen LogP contribution in [0.3, 0.4) is 0 Å². The second-order valence-corrected chi connectivity index (χ2v) is 6.10. The first kappa shape index (κ1) is 14.4. The molecule has 2 aromatic rings. The highest BCUT2D eigenvalue weighted by molar-refractivity contribution is 5.80. The summed E-state index contributed by atoms with van der Waals surface area (Å²) in [5.74, 6) is 0.619. The maximum absolute atomic E-state index is 9.91. The fourth-order valence-electron chi connectivity index (χ4n) is 2.88. The molecule has 0 aliphatic carbocycles. The van der Waals surface area contributed by atoms with Gasteiger partial charge in [-0.25, -0.2) is 4.98 Å². The summed E-state index contributed by atoms with van der Waals surface area (Å²) in [5, 5.41) is 19.5. The molecule has 0 bridgehead atoms. The molecule has 22 heavy (non-hydrogen) atoms. The lowest BCUT2D eigenvalue weighted by molar-refractivity contribution is 0.0305. The first-order chi connectivity index (χ1) is 10.4. The predicted molar refractivity (Wildman–Crippen MR) is 86.4 cm³/mol. The van der Waals surface area contributed by atoms with Crippen LogP contribution in [0.15, 0.2) is 30.5 Å². The number of rotatable bonds is 2. The Morgan fingerprint density at radius 3 is 2.68 bits per heavy atom. The molecule has 0 unspecified atom stereocenters. The van der Waals surface area contributed by atoms with E-state index in [9.17, 15) is 10.4 Å². The number of benzene rings is 1.